The summed E-state index contributed by atoms with van der Waals surface area (Å²) in [5.41, 5.74) is 0.830. The molecule has 5 nitrogen and oxygen atoms in total. The minimum atomic E-state index is 0.359. The summed E-state index contributed by atoms with van der Waals surface area (Å²) in [6, 6.07) is 11.0. The first-order chi connectivity index (χ1) is 8.86. The molecule has 0 aliphatic carbocycles. The highest BCUT2D eigenvalue weighted by molar-refractivity contribution is 5.59. The van der Waals surface area contributed by atoms with E-state index in [1.54, 1.807) is 25.5 Å². The second kappa shape index (κ2) is 4.37. The van der Waals surface area contributed by atoms with Crippen molar-refractivity contribution in [2.75, 3.05) is 7.11 Å². The van der Waals surface area contributed by atoms with Gasteiger partial charge >= 0.3 is 0 Å². The van der Waals surface area contributed by atoms with Crippen LogP contribution in [0.1, 0.15) is 0 Å². The van der Waals surface area contributed by atoms with Crippen LogP contribution in [0.2, 0.25) is 0 Å². The van der Waals surface area contributed by atoms with Crippen LogP contribution in [-0.2, 0) is 0 Å². The molecule has 2 heterocycles. The molecule has 0 saturated carbocycles. The lowest BCUT2D eigenvalue weighted by Gasteiger charge is -1.99. The lowest BCUT2D eigenvalue weighted by Crippen LogP contribution is -1.85. The summed E-state index contributed by atoms with van der Waals surface area (Å²) < 4.78 is 15.5. The summed E-state index contributed by atoms with van der Waals surface area (Å²) in [7, 11) is 1.61. The first-order valence-corrected chi connectivity index (χ1v) is 5.39. The highest BCUT2D eigenvalue weighted by Gasteiger charge is 2.12. The van der Waals surface area contributed by atoms with E-state index in [-0.39, 0.29) is 0 Å². The van der Waals surface area contributed by atoms with Crippen molar-refractivity contribution in [3.05, 3.63) is 42.7 Å². The van der Waals surface area contributed by atoms with Gasteiger partial charge in [-0.25, -0.2) is 0 Å². The summed E-state index contributed by atoms with van der Waals surface area (Å²) in [5.74, 6) is 2.16. The number of nitrogens with zero attached hydrogens (tertiary/aromatic N) is 2. The Kier molecular flexibility index (Phi) is 2.57. The molecule has 1 aromatic carbocycles. The molecule has 0 aliphatic rings. The van der Waals surface area contributed by atoms with Crippen LogP contribution in [0.5, 0.6) is 5.75 Å². The van der Waals surface area contributed by atoms with Crippen molar-refractivity contribution in [3.63, 3.8) is 0 Å². The molecule has 90 valence electrons. The van der Waals surface area contributed by atoms with E-state index < -0.39 is 0 Å². The maximum atomic E-state index is 5.19. The highest BCUT2D eigenvalue weighted by atomic mass is 16.5. The van der Waals surface area contributed by atoms with Crippen molar-refractivity contribution < 1.29 is 13.7 Å². The zero-order valence-electron chi connectivity index (χ0n) is 9.66. The molecule has 0 fully saturated rings. The molecule has 3 rings (SSSR count). The number of rotatable bonds is 3. The monoisotopic (exact) mass is 242 g/mol. The lowest BCUT2D eigenvalue weighted by atomic mass is 10.2. The van der Waals surface area contributed by atoms with Gasteiger partial charge in [-0.15, -0.1) is 0 Å². The van der Waals surface area contributed by atoms with Crippen molar-refractivity contribution in [1.82, 2.24) is 10.1 Å². The Morgan fingerprint density at radius 1 is 1.17 bits per heavy atom. The predicted octanol–water partition coefficient (Wildman–Crippen LogP) is 3.01. The molecule has 0 aliphatic heterocycles. The molecule has 5 heteroatoms. The van der Waals surface area contributed by atoms with E-state index in [1.165, 1.54) is 0 Å². The van der Waals surface area contributed by atoms with Gasteiger partial charge in [0.15, 0.2) is 5.76 Å². The van der Waals surface area contributed by atoms with E-state index in [2.05, 4.69) is 10.1 Å². The number of methoxy groups -OCH3 is 1. The number of furan rings is 1. The van der Waals surface area contributed by atoms with Crippen LogP contribution < -0.4 is 4.74 Å². The van der Waals surface area contributed by atoms with Gasteiger partial charge in [-0.3, -0.25) is 0 Å². The minimum Gasteiger partial charge on any atom is -0.497 e. The Hall–Kier alpha value is -2.56. The van der Waals surface area contributed by atoms with Crippen molar-refractivity contribution in [2.45, 2.75) is 0 Å². The van der Waals surface area contributed by atoms with Crippen LogP contribution in [-0.4, -0.2) is 17.3 Å². The molecular formula is C13H10N2O3. The summed E-state index contributed by atoms with van der Waals surface area (Å²) in [6.45, 7) is 0. The van der Waals surface area contributed by atoms with Gasteiger partial charge in [0.25, 0.3) is 5.89 Å². The first kappa shape index (κ1) is 10.6. The van der Waals surface area contributed by atoms with E-state index in [1.807, 2.05) is 24.3 Å². The number of benzene rings is 1. The molecule has 0 radical (unpaired) electrons. The van der Waals surface area contributed by atoms with Crippen molar-refractivity contribution >= 4 is 0 Å². The topological polar surface area (TPSA) is 61.3 Å². The Morgan fingerprint density at radius 2 is 2.11 bits per heavy atom. The molecule has 0 atom stereocenters. The van der Waals surface area contributed by atoms with E-state index in [9.17, 15) is 0 Å². The molecule has 18 heavy (non-hydrogen) atoms. The maximum Gasteiger partial charge on any atom is 0.293 e. The summed E-state index contributed by atoms with van der Waals surface area (Å²) in [6.07, 6.45) is 1.56. The van der Waals surface area contributed by atoms with Crippen LogP contribution in [0.4, 0.5) is 0 Å². The van der Waals surface area contributed by atoms with Crippen LogP contribution in [0.25, 0.3) is 23.0 Å². The molecule has 0 spiro atoms. The van der Waals surface area contributed by atoms with Gasteiger partial charge in [0.05, 0.1) is 13.4 Å². The standard InChI is InChI=1S/C13H10N2O3/c1-16-10-5-2-4-9(8-10)12-14-13(18-15-12)11-6-3-7-17-11/h2-8H,1H3. The van der Waals surface area contributed by atoms with E-state index >= 15 is 0 Å². The SMILES string of the molecule is COc1cccc(-c2noc(-c3ccco3)n2)c1. The van der Waals surface area contributed by atoms with Gasteiger partial charge in [0.2, 0.25) is 5.82 Å². The Balaban J connectivity index is 1.97. The Morgan fingerprint density at radius 3 is 2.89 bits per heavy atom. The van der Waals surface area contributed by atoms with Gasteiger partial charge in [-0.05, 0) is 24.3 Å². The van der Waals surface area contributed by atoms with Crippen LogP contribution in [0.15, 0.2) is 51.6 Å². The predicted molar refractivity (Wildman–Crippen MR) is 64.0 cm³/mol. The van der Waals surface area contributed by atoms with Gasteiger partial charge in [-0.2, -0.15) is 4.98 Å². The third kappa shape index (κ3) is 1.86. The average Bonchev–Trinajstić information content (AvgIpc) is 3.09. The van der Waals surface area contributed by atoms with Gasteiger partial charge in [0, 0.05) is 5.56 Å². The molecule has 2 aromatic heterocycles. The molecule has 0 bridgehead atoms. The molecule has 0 unspecified atom stereocenters. The van der Waals surface area contributed by atoms with Crippen LogP contribution in [0, 0.1) is 0 Å². The molecule has 3 aromatic rings. The summed E-state index contributed by atoms with van der Waals surface area (Å²) >= 11 is 0. The molecular weight excluding hydrogens is 232 g/mol. The number of hydrogen-bond acceptors (Lipinski definition) is 5. The first-order valence-electron chi connectivity index (χ1n) is 5.39. The lowest BCUT2D eigenvalue weighted by molar-refractivity contribution is 0.413. The smallest absolute Gasteiger partial charge is 0.293 e. The molecule has 0 N–H and O–H groups in total. The molecule has 0 saturated heterocycles. The van der Waals surface area contributed by atoms with Crippen molar-refractivity contribution in [2.24, 2.45) is 0 Å². The van der Waals surface area contributed by atoms with E-state index in [0.717, 1.165) is 11.3 Å². The summed E-state index contributed by atoms with van der Waals surface area (Å²) in [4.78, 5) is 4.27. The van der Waals surface area contributed by atoms with Gasteiger partial charge in [0.1, 0.15) is 5.75 Å². The third-order valence-electron chi connectivity index (χ3n) is 2.49. The van der Waals surface area contributed by atoms with Crippen molar-refractivity contribution in [1.29, 1.82) is 0 Å². The second-order valence-corrected chi connectivity index (χ2v) is 3.63. The number of aromatic nitrogens is 2. The van der Waals surface area contributed by atoms with Crippen molar-refractivity contribution in [3.8, 4) is 28.8 Å². The van der Waals surface area contributed by atoms with E-state index in [4.69, 9.17) is 13.7 Å². The van der Waals surface area contributed by atoms with Crippen LogP contribution >= 0.6 is 0 Å². The van der Waals surface area contributed by atoms with Gasteiger partial charge in [-0.1, -0.05) is 17.3 Å². The number of hydrogen-bond donors (Lipinski definition) is 0. The zero-order chi connectivity index (χ0) is 12.4. The third-order valence-corrected chi connectivity index (χ3v) is 2.49. The normalized spacial score (nSPS) is 10.5. The number of ether oxygens (including phenoxy) is 1. The van der Waals surface area contributed by atoms with E-state index in [0.29, 0.717) is 17.5 Å². The second-order valence-electron chi connectivity index (χ2n) is 3.63. The van der Waals surface area contributed by atoms with Gasteiger partial charge < -0.3 is 13.7 Å². The maximum absolute atomic E-state index is 5.19. The summed E-state index contributed by atoms with van der Waals surface area (Å²) in [5, 5.41) is 3.92. The quantitative estimate of drug-likeness (QED) is 0.706. The van der Waals surface area contributed by atoms with Crippen LogP contribution in [0.3, 0.4) is 0 Å². The zero-order valence-corrected chi connectivity index (χ0v) is 9.66. The highest BCUT2D eigenvalue weighted by Crippen LogP contribution is 2.24. The fourth-order valence-corrected chi connectivity index (χ4v) is 1.60. The Labute approximate surface area is 103 Å². The minimum absolute atomic E-state index is 0.359. The largest absolute Gasteiger partial charge is 0.497 e. The average molecular weight is 242 g/mol. The Bertz CT molecular complexity index is 644. The molecule has 0 amide bonds. The fraction of sp³-hybridized carbons (Fsp3) is 0.0769. The fourth-order valence-electron chi connectivity index (χ4n) is 1.60.